The molecule has 0 saturated heterocycles. The Labute approximate surface area is 114 Å². The Bertz CT molecular complexity index is 457. The van der Waals surface area contributed by atoms with Crippen LogP contribution < -0.4 is 0 Å². The van der Waals surface area contributed by atoms with Crippen molar-refractivity contribution in [2.75, 3.05) is 6.54 Å². The molecule has 0 unspecified atom stereocenters. The van der Waals surface area contributed by atoms with E-state index in [0.717, 1.165) is 11.1 Å². The molecular formula is C15H21NO3. The minimum Gasteiger partial charge on any atom is -0.480 e. The molecule has 1 aromatic rings. The zero-order valence-electron chi connectivity index (χ0n) is 11.9. The van der Waals surface area contributed by atoms with Crippen molar-refractivity contribution in [1.29, 1.82) is 0 Å². The molecule has 0 aromatic heterocycles. The maximum Gasteiger partial charge on any atom is 0.323 e. The summed E-state index contributed by atoms with van der Waals surface area (Å²) >= 11 is 0. The van der Waals surface area contributed by atoms with Crippen molar-refractivity contribution in [3.8, 4) is 0 Å². The summed E-state index contributed by atoms with van der Waals surface area (Å²) in [5.41, 5.74) is 1.53. The fourth-order valence-electron chi connectivity index (χ4n) is 1.81. The molecule has 104 valence electrons. The SMILES string of the molecule is Cc1ccc(CC(=O)N(CC(=O)O)C(C)(C)C)cc1. The highest BCUT2D eigenvalue weighted by atomic mass is 16.4. The molecule has 0 bridgehead atoms. The third-order valence-electron chi connectivity index (χ3n) is 2.88. The number of rotatable bonds is 4. The van der Waals surface area contributed by atoms with Crippen molar-refractivity contribution in [2.45, 2.75) is 39.7 Å². The molecule has 0 atom stereocenters. The highest BCUT2D eigenvalue weighted by molar-refractivity contribution is 5.83. The van der Waals surface area contributed by atoms with E-state index in [2.05, 4.69) is 0 Å². The molecule has 0 radical (unpaired) electrons. The molecule has 4 heteroatoms. The van der Waals surface area contributed by atoms with Crippen LogP contribution in [-0.2, 0) is 16.0 Å². The molecule has 0 fully saturated rings. The molecular weight excluding hydrogens is 242 g/mol. The van der Waals surface area contributed by atoms with E-state index in [1.165, 1.54) is 4.90 Å². The van der Waals surface area contributed by atoms with Crippen molar-refractivity contribution in [1.82, 2.24) is 4.90 Å². The van der Waals surface area contributed by atoms with Crippen LogP contribution in [0, 0.1) is 6.92 Å². The van der Waals surface area contributed by atoms with E-state index in [1.807, 2.05) is 52.0 Å². The maximum absolute atomic E-state index is 12.2. The van der Waals surface area contributed by atoms with Crippen LogP contribution >= 0.6 is 0 Å². The Morgan fingerprint density at radius 2 is 1.68 bits per heavy atom. The number of carboxylic acid groups (broad SMARTS) is 1. The molecule has 0 aliphatic heterocycles. The first-order chi connectivity index (χ1) is 8.70. The first-order valence-corrected chi connectivity index (χ1v) is 6.28. The number of nitrogens with zero attached hydrogens (tertiary/aromatic N) is 1. The van der Waals surface area contributed by atoms with E-state index >= 15 is 0 Å². The van der Waals surface area contributed by atoms with Crippen LogP contribution in [0.15, 0.2) is 24.3 Å². The zero-order chi connectivity index (χ0) is 14.6. The lowest BCUT2D eigenvalue weighted by atomic mass is 10.0. The summed E-state index contributed by atoms with van der Waals surface area (Å²) in [7, 11) is 0. The van der Waals surface area contributed by atoms with Gasteiger partial charge in [-0.15, -0.1) is 0 Å². The van der Waals surface area contributed by atoms with Gasteiger partial charge in [0.05, 0.1) is 6.42 Å². The number of carbonyl (C=O) groups is 2. The fourth-order valence-corrected chi connectivity index (χ4v) is 1.81. The van der Waals surface area contributed by atoms with Crippen molar-refractivity contribution < 1.29 is 14.7 Å². The molecule has 0 heterocycles. The minimum atomic E-state index is -0.993. The van der Waals surface area contributed by atoms with Gasteiger partial charge in [-0.2, -0.15) is 0 Å². The zero-order valence-corrected chi connectivity index (χ0v) is 11.9. The first kappa shape index (κ1) is 15.2. The molecule has 0 aliphatic rings. The van der Waals surface area contributed by atoms with Gasteiger partial charge in [-0.1, -0.05) is 29.8 Å². The molecule has 1 N–H and O–H groups in total. The molecule has 4 nitrogen and oxygen atoms in total. The number of carbonyl (C=O) groups excluding carboxylic acids is 1. The third-order valence-corrected chi connectivity index (χ3v) is 2.88. The molecule has 19 heavy (non-hydrogen) atoms. The van der Waals surface area contributed by atoms with E-state index in [4.69, 9.17) is 5.11 Å². The fraction of sp³-hybridized carbons (Fsp3) is 0.467. The van der Waals surface area contributed by atoms with Crippen molar-refractivity contribution in [3.05, 3.63) is 35.4 Å². The standard InChI is InChI=1S/C15H21NO3/c1-11-5-7-12(8-6-11)9-13(17)16(10-14(18)19)15(2,3)4/h5-8H,9-10H2,1-4H3,(H,18,19). The topological polar surface area (TPSA) is 57.6 Å². The molecule has 1 aromatic carbocycles. The van der Waals surface area contributed by atoms with Gasteiger partial charge in [0, 0.05) is 5.54 Å². The van der Waals surface area contributed by atoms with Gasteiger partial charge in [0.2, 0.25) is 5.91 Å². The van der Waals surface area contributed by atoms with Gasteiger partial charge in [-0.25, -0.2) is 0 Å². The summed E-state index contributed by atoms with van der Waals surface area (Å²) in [5.74, 6) is -1.16. The minimum absolute atomic E-state index is 0.168. The molecule has 1 rings (SSSR count). The van der Waals surface area contributed by atoms with Gasteiger partial charge in [0.15, 0.2) is 0 Å². The number of amides is 1. The Morgan fingerprint density at radius 3 is 2.11 bits per heavy atom. The van der Waals surface area contributed by atoms with Crippen LogP contribution in [0.5, 0.6) is 0 Å². The van der Waals surface area contributed by atoms with Crippen LogP contribution in [0.3, 0.4) is 0 Å². The number of benzene rings is 1. The Morgan fingerprint density at radius 1 is 1.16 bits per heavy atom. The second-order valence-corrected chi connectivity index (χ2v) is 5.71. The molecule has 0 aliphatic carbocycles. The summed E-state index contributed by atoms with van der Waals surface area (Å²) in [6, 6.07) is 7.69. The lowest BCUT2D eigenvalue weighted by Gasteiger charge is -2.34. The van der Waals surface area contributed by atoms with Crippen molar-refractivity contribution in [2.24, 2.45) is 0 Å². The Balaban J connectivity index is 2.82. The monoisotopic (exact) mass is 263 g/mol. The van der Waals surface area contributed by atoms with Gasteiger partial charge in [-0.3, -0.25) is 9.59 Å². The van der Waals surface area contributed by atoms with E-state index in [9.17, 15) is 9.59 Å². The second kappa shape index (κ2) is 5.87. The third kappa shape index (κ3) is 4.73. The average Bonchev–Trinajstić information content (AvgIpc) is 2.27. The van der Waals surface area contributed by atoms with Gasteiger partial charge in [0.25, 0.3) is 0 Å². The van der Waals surface area contributed by atoms with Gasteiger partial charge < -0.3 is 10.0 Å². The number of hydrogen-bond donors (Lipinski definition) is 1. The summed E-state index contributed by atoms with van der Waals surface area (Å²) in [5, 5.41) is 8.90. The maximum atomic E-state index is 12.2. The quantitative estimate of drug-likeness (QED) is 0.906. The summed E-state index contributed by atoms with van der Waals surface area (Å²) in [6.45, 7) is 7.22. The summed E-state index contributed by atoms with van der Waals surface area (Å²) in [4.78, 5) is 24.5. The molecule has 0 saturated carbocycles. The van der Waals surface area contributed by atoms with Crippen LogP contribution in [-0.4, -0.2) is 34.0 Å². The van der Waals surface area contributed by atoms with E-state index in [-0.39, 0.29) is 18.9 Å². The summed E-state index contributed by atoms with van der Waals surface area (Å²) < 4.78 is 0. The number of aliphatic carboxylic acids is 1. The number of hydrogen-bond acceptors (Lipinski definition) is 2. The van der Waals surface area contributed by atoms with Crippen molar-refractivity contribution in [3.63, 3.8) is 0 Å². The van der Waals surface area contributed by atoms with Crippen LogP contribution in [0.25, 0.3) is 0 Å². The lowest BCUT2D eigenvalue weighted by molar-refractivity contribution is -0.147. The normalized spacial score (nSPS) is 11.2. The van der Waals surface area contributed by atoms with E-state index in [1.54, 1.807) is 0 Å². The predicted molar refractivity (Wildman–Crippen MR) is 74.0 cm³/mol. The predicted octanol–water partition coefficient (Wildman–Crippen LogP) is 2.25. The number of aryl methyl sites for hydroxylation is 1. The smallest absolute Gasteiger partial charge is 0.323 e. The Hall–Kier alpha value is -1.84. The Kier molecular flexibility index (Phi) is 4.70. The highest BCUT2D eigenvalue weighted by Crippen LogP contribution is 2.15. The summed E-state index contributed by atoms with van der Waals surface area (Å²) in [6.07, 6.45) is 0.227. The highest BCUT2D eigenvalue weighted by Gasteiger charge is 2.28. The van der Waals surface area contributed by atoms with Gasteiger partial charge >= 0.3 is 5.97 Å². The van der Waals surface area contributed by atoms with Crippen molar-refractivity contribution >= 4 is 11.9 Å². The first-order valence-electron chi connectivity index (χ1n) is 6.28. The van der Waals surface area contributed by atoms with E-state index < -0.39 is 11.5 Å². The largest absolute Gasteiger partial charge is 0.480 e. The van der Waals surface area contributed by atoms with E-state index in [0.29, 0.717) is 0 Å². The average molecular weight is 263 g/mol. The molecule has 1 amide bonds. The van der Waals surface area contributed by atoms with Gasteiger partial charge in [0.1, 0.15) is 6.54 Å². The molecule has 0 spiro atoms. The van der Waals surface area contributed by atoms with Crippen LogP contribution in [0.4, 0.5) is 0 Å². The number of carboxylic acids is 1. The van der Waals surface area contributed by atoms with Crippen LogP contribution in [0.2, 0.25) is 0 Å². The van der Waals surface area contributed by atoms with Gasteiger partial charge in [-0.05, 0) is 33.3 Å². The second-order valence-electron chi connectivity index (χ2n) is 5.71. The van der Waals surface area contributed by atoms with Crippen LogP contribution in [0.1, 0.15) is 31.9 Å². The lowest BCUT2D eigenvalue weighted by Crippen LogP contribution is -2.48.